The molecule has 1 fully saturated rings. The van der Waals surface area contributed by atoms with Crippen molar-refractivity contribution in [1.82, 2.24) is 5.32 Å². The Labute approximate surface area is 120 Å². The summed E-state index contributed by atoms with van der Waals surface area (Å²) in [5.74, 6) is 1.20. The molecule has 0 spiro atoms. The van der Waals surface area contributed by atoms with E-state index in [1.165, 1.54) is 6.07 Å². The van der Waals surface area contributed by atoms with Crippen molar-refractivity contribution >= 4 is 26.9 Å². The van der Waals surface area contributed by atoms with Crippen molar-refractivity contribution in [3.8, 4) is 0 Å². The molecule has 0 saturated heterocycles. The van der Waals surface area contributed by atoms with E-state index in [1.807, 2.05) is 0 Å². The summed E-state index contributed by atoms with van der Waals surface area (Å²) in [4.78, 5) is 0. The zero-order chi connectivity index (χ0) is 13.4. The van der Waals surface area contributed by atoms with Gasteiger partial charge in [0.25, 0.3) is 0 Å². The zero-order valence-corrected chi connectivity index (χ0v) is 12.5. The number of nitrogens with one attached hydrogen (secondary N) is 1. The van der Waals surface area contributed by atoms with Gasteiger partial charge in [-0.05, 0) is 59.8 Å². The minimum Gasteiger partial charge on any atom is -0.458 e. The summed E-state index contributed by atoms with van der Waals surface area (Å²) in [6, 6.07) is 3.22. The molecule has 0 amide bonds. The van der Waals surface area contributed by atoms with Crippen LogP contribution >= 0.6 is 15.9 Å². The average Bonchev–Trinajstić information content (AvgIpc) is 3.16. The summed E-state index contributed by atoms with van der Waals surface area (Å²) in [5, 5.41) is 4.01. The molecule has 1 N–H and O–H groups in total. The lowest BCUT2D eigenvalue weighted by molar-refractivity contribution is 0.506. The largest absolute Gasteiger partial charge is 0.458 e. The highest BCUT2D eigenvalue weighted by Crippen LogP contribution is 2.47. The van der Waals surface area contributed by atoms with Gasteiger partial charge in [-0.3, -0.25) is 0 Å². The molecular formula is C15H17BrFNO. The second-order valence-corrected chi connectivity index (χ2v) is 5.98. The molecule has 1 aromatic carbocycles. The van der Waals surface area contributed by atoms with E-state index in [2.05, 4.69) is 28.2 Å². The Morgan fingerprint density at radius 2 is 2.21 bits per heavy atom. The van der Waals surface area contributed by atoms with Gasteiger partial charge < -0.3 is 9.73 Å². The van der Waals surface area contributed by atoms with Crippen molar-refractivity contribution in [2.45, 2.75) is 38.6 Å². The monoisotopic (exact) mass is 325 g/mol. The molecule has 1 heterocycles. The third-order valence-corrected chi connectivity index (χ3v) is 4.18. The first-order valence-corrected chi connectivity index (χ1v) is 7.61. The number of hydrogen-bond donors (Lipinski definition) is 1. The predicted octanol–water partition coefficient (Wildman–Crippen LogP) is 4.71. The van der Waals surface area contributed by atoms with Crippen LogP contribution in [0.25, 0.3) is 11.0 Å². The van der Waals surface area contributed by atoms with Crippen LogP contribution < -0.4 is 5.32 Å². The third-order valence-electron chi connectivity index (χ3n) is 3.55. The Balaban J connectivity index is 2.08. The van der Waals surface area contributed by atoms with Crippen LogP contribution in [0.4, 0.5) is 4.39 Å². The quantitative estimate of drug-likeness (QED) is 0.805. The number of halogens is 2. The number of hydrogen-bond acceptors (Lipinski definition) is 2. The van der Waals surface area contributed by atoms with Crippen LogP contribution in [0.3, 0.4) is 0 Å². The van der Waals surface area contributed by atoms with Gasteiger partial charge in [-0.25, -0.2) is 4.39 Å². The molecule has 0 radical (unpaired) electrons. The van der Waals surface area contributed by atoms with Crippen molar-refractivity contribution in [2.75, 3.05) is 6.54 Å². The lowest BCUT2D eigenvalue weighted by atomic mass is 10.1. The van der Waals surface area contributed by atoms with Gasteiger partial charge in [0.05, 0.1) is 16.4 Å². The van der Waals surface area contributed by atoms with Gasteiger partial charge in [0.15, 0.2) is 5.58 Å². The Kier molecular flexibility index (Phi) is 3.63. The summed E-state index contributed by atoms with van der Waals surface area (Å²) in [6.45, 7) is 3.76. The molecule has 0 unspecified atom stereocenters. The standard InChI is InChI=1S/C15H17BrFNO/c1-2-7-18-8-12-13(9-3-4-9)14-11(17)6-5-10(16)15(14)19-12/h5-6,9,18H,2-4,7-8H2,1H3. The molecule has 1 saturated carbocycles. The summed E-state index contributed by atoms with van der Waals surface area (Å²) in [7, 11) is 0. The lowest BCUT2D eigenvalue weighted by Crippen LogP contribution is -2.14. The van der Waals surface area contributed by atoms with Gasteiger partial charge in [-0.15, -0.1) is 0 Å². The van der Waals surface area contributed by atoms with Crippen molar-refractivity contribution in [3.63, 3.8) is 0 Å². The van der Waals surface area contributed by atoms with Crippen molar-refractivity contribution in [2.24, 2.45) is 0 Å². The molecule has 1 aliphatic carbocycles. The third kappa shape index (κ3) is 2.43. The second kappa shape index (κ2) is 5.25. The number of fused-ring (bicyclic) bond motifs is 1. The molecule has 3 rings (SSSR count). The van der Waals surface area contributed by atoms with Gasteiger partial charge in [0, 0.05) is 5.56 Å². The van der Waals surface area contributed by atoms with E-state index in [0.717, 1.165) is 41.6 Å². The van der Waals surface area contributed by atoms with Crippen LogP contribution in [0.5, 0.6) is 0 Å². The minimum absolute atomic E-state index is 0.175. The van der Waals surface area contributed by atoms with E-state index in [-0.39, 0.29) is 5.82 Å². The van der Waals surface area contributed by atoms with Crippen LogP contribution in [0.2, 0.25) is 0 Å². The highest BCUT2D eigenvalue weighted by atomic mass is 79.9. The van der Waals surface area contributed by atoms with Crippen LogP contribution in [-0.4, -0.2) is 6.54 Å². The topological polar surface area (TPSA) is 25.2 Å². The van der Waals surface area contributed by atoms with Gasteiger partial charge in [0.1, 0.15) is 11.6 Å². The van der Waals surface area contributed by atoms with E-state index in [4.69, 9.17) is 4.42 Å². The van der Waals surface area contributed by atoms with Crippen molar-refractivity contribution < 1.29 is 8.81 Å². The maximum atomic E-state index is 14.1. The van der Waals surface area contributed by atoms with Crippen LogP contribution in [0.15, 0.2) is 21.0 Å². The fourth-order valence-electron chi connectivity index (χ4n) is 2.52. The van der Waals surface area contributed by atoms with Gasteiger partial charge in [0.2, 0.25) is 0 Å². The molecule has 0 aliphatic heterocycles. The van der Waals surface area contributed by atoms with Crippen molar-refractivity contribution in [3.05, 3.63) is 33.7 Å². The first kappa shape index (κ1) is 13.1. The second-order valence-electron chi connectivity index (χ2n) is 5.12. The minimum atomic E-state index is -0.175. The Bertz CT molecular complexity index is 604. The fraction of sp³-hybridized carbons (Fsp3) is 0.467. The van der Waals surface area contributed by atoms with Crippen LogP contribution in [0.1, 0.15) is 43.4 Å². The highest BCUT2D eigenvalue weighted by Gasteiger charge is 2.32. The number of benzene rings is 1. The van der Waals surface area contributed by atoms with E-state index in [1.54, 1.807) is 6.07 Å². The van der Waals surface area contributed by atoms with Crippen LogP contribution in [0, 0.1) is 5.82 Å². The molecule has 102 valence electrons. The smallest absolute Gasteiger partial charge is 0.151 e. The molecule has 0 atom stereocenters. The average molecular weight is 326 g/mol. The zero-order valence-electron chi connectivity index (χ0n) is 10.9. The van der Waals surface area contributed by atoms with E-state index < -0.39 is 0 Å². The van der Waals surface area contributed by atoms with E-state index in [9.17, 15) is 4.39 Å². The molecular weight excluding hydrogens is 309 g/mol. The maximum Gasteiger partial charge on any atom is 0.151 e. The first-order chi connectivity index (χ1) is 9.22. The SMILES string of the molecule is CCCNCc1oc2c(Br)ccc(F)c2c1C1CC1. The summed E-state index contributed by atoms with van der Waals surface area (Å²) in [5.41, 5.74) is 1.73. The van der Waals surface area contributed by atoms with E-state index in [0.29, 0.717) is 23.4 Å². The molecule has 2 nitrogen and oxygen atoms in total. The van der Waals surface area contributed by atoms with Gasteiger partial charge >= 0.3 is 0 Å². The maximum absolute atomic E-state index is 14.1. The molecule has 19 heavy (non-hydrogen) atoms. The van der Waals surface area contributed by atoms with E-state index >= 15 is 0 Å². The number of rotatable bonds is 5. The summed E-state index contributed by atoms with van der Waals surface area (Å²) < 4.78 is 20.9. The Morgan fingerprint density at radius 3 is 2.89 bits per heavy atom. The Hall–Kier alpha value is -0.870. The summed E-state index contributed by atoms with van der Waals surface area (Å²) >= 11 is 3.45. The Morgan fingerprint density at radius 1 is 1.42 bits per heavy atom. The summed E-state index contributed by atoms with van der Waals surface area (Å²) in [6.07, 6.45) is 3.36. The van der Waals surface area contributed by atoms with Gasteiger partial charge in [-0.1, -0.05) is 6.92 Å². The predicted molar refractivity (Wildman–Crippen MR) is 77.8 cm³/mol. The molecule has 1 aliphatic rings. The lowest BCUT2D eigenvalue weighted by Gasteiger charge is -2.03. The molecule has 0 bridgehead atoms. The molecule has 2 aromatic rings. The first-order valence-electron chi connectivity index (χ1n) is 6.82. The normalized spacial score (nSPS) is 15.3. The number of furan rings is 1. The molecule has 4 heteroatoms. The fourth-order valence-corrected chi connectivity index (χ4v) is 2.93. The van der Waals surface area contributed by atoms with Gasteiger partial charge in [-0.2, -0.15) is 0 Å². The van der Waals surface area contributed by atoms with Crippen molar-refractivity contribution in [1.29, 1.82) is 0 Å². The molecule has 1 aromatic heterocycles. The highest BCUT2D eigenvalue weighted by molar-refractivity contribution is 9.10. The van der Waals surface area contributed by atoms with Crippen LogP contribution in [-0.2, 0) is 6.54 Å².